The van der Waals surface area contributed by atoms with Crippen LogP contribution in [0.3, 0.4) is 0 Å². The Labute approximate surface area is 221 Å². The van der Waals surface area contributed by atoms with Crippen molar-refractivity contribution in [3.05, 3.63) is 46.6 Å². The number of hydrogen-bond acceptors (Lipinski definition) is 9. The first kappa shape index (κ1) is 26.8. The van der Waals surface area contributed by atoms with E-state index in [1.807, 2.05) is 13.8 Å². The minimum atomic E-state index is -1.27. The predicted molar refractivity (Wildman–Crippen MR) is 137 cm³/mol. The van der Waals surface area contributed by atoms with Crippen LogP contribution in [0.15, 0.2) is 39.8 Å². The lowest BCUT2D eigenvalue weighted by Gasteiger charge is -2.66. The zero-order chi connectivity index (χ0) is 27.6. The summed E-state index contributed by atoms with van der Waals surface area (Å²) in [6, 6.07) is 5.04. The normalized spacial score (nSPS) is 38.0. The van der Waals surface area contributed by atoms with Gasteiger partial charge in [0.25, 0.3) is 0 Å². The monoisotopic (exact) mass is 527 g/mol. The topological polar surface area (TPSA) is 139 Å². The molecule has 0 amide bonds. The van der Waals surface area contributed by atoms with Gasteiger partial charge in [-0.05, 0) is 49.7 Å². The summed E-state index contributed by atoms with van der Waals surface area (Å²) in [7, 11) is 0. The summed E-state index contributed by atoms with van der Waals surface area (Å²) >= 11 is 0. The van der Waals surface area contributed by atoms with Gasteiger partial charge in [0, 0.05) is 35.4 Å². The maximum Gasteiger partial charge on any atom is 0.345 e. The highest BCUT2D eigenvalue weighted by Crippen LogP contribution is 2.66. The summed E-state index contributed by atoms with van der Waals surface area (Å²) in [4.78, 5) is 29.6. The van der Waals surface area contributed by atoms with E-state index < -0.39 is 46.3 Å². The van der Waals surface area contributed by atoms with E-state index in [2.05, 4.69) is 4.98 Å². The van der Waals surface area contributed by atoms with E-state index in [9.17, 15) is 24.9 Å². The van der Waals surface area contributed by atoms with Crippen molar-refractivity contribution < 1.29 is 34.0 Å². The van der Waals surface area contributed by atoms with Crippen LogP contribution in [-0.4, -0.2) is 50.7 Å². The number of pyridine rings is 1. The zero-order valence-corrected chi connectivity index (χ0v) is 22.5. The van der Waals surface area contributed by atoms with Gasteiger partial charge in [0.15, 0.2) is 0 Å². The molecule has 0 bridgehead atoms. The molecule has 0 unspecified atom stereocenters. The fourth-order valence-electron chi connectivity index (χ4n) is 7.45. The Kier molecular flexibility index (Phi) is 6.48. The second-order valence-corrected chi connectivity index (χ2v) is 12.3. The molecule has 3 heterocycles. The van der Waals surface area contributed by atoms with E-state index in [1.54, 1.807) is 51.4 Å². The average molecular weight is 528 g/mol. The van der Waals surface area contributed by atoms with Gasteiger partial charge in [-0.3, -0.25) is 9.78 Å². The number of aromatic nitrogens is 1. The van der Waals surface area contributed by atoms with Gasteiger partial charge in [-0.1, -0.05) is 27.7 Å². The third-order valence-electron chi connectivity index (χ3n) is 9.59. The van der Waals surface area contributed by atoms with Crippen molar-refractivity contribution in [1.29, 1.82) is 0 Å². The van der Waals surface area contributed by atoms with Crippen LogP contribution < -0.4 is 10.4 Å². The first-order valence-electron chi connectivity index (χ1n) is 13.3. The molecule has 9 heteroatoms. The standard InChI is InChI=1S/C29H37NO8/c1-15(2)25(34)36-14-28(4)19-12-21(32)29(5)24(27(19,3)9-8-20(28)31)23(33)22-18(38-29)11-17(37-26(22)35)16-7-6-10-30-13-16/h6-7,10-11,13,15,19-21,23-24,31-33H,8-9,12,14H2,1-5H3/t19-,20+,21+,23+,24-,27+,28+,29-/m1/s1. The van der Waals surface area contributed by atoms with E-state index in [-0.39, 0.29) is 47.9 Å². The molecule has 1 aliphatic heterocycles. The van der Waals surface area contributed by atoms with Crippen LogP contribution >= 0.6 is 0 Å². The van der Waals surface area contributed by atoms with Crippen LogP contribution in [0.1, 0.15) is 65.5 Å². The fraction of sp³-hybridized carbons (Fsp3) is 0.621. The van der Waals surface area contributed by atoms with Crippen LogP contribution in [0.25, 0.3) is 11.3 Å². The number of aliphatic hydroxyl groups excluding tert-OH is 3. The zero-order valence-electron chi connectivity index (χ0n) is 22.5. The maximum absolute atomic E-state index is 13.2. The molecule has 2 saturated carbocycles. The van der Waals surface area contributed by atoms with Crippen LogP contribution in [-0.2, 0) is 9.53 Å². The van der Waals surface area contributed by atoms with Gasteiger partial charge < -0.3 is 29.2 Å². The van der Waals surface area contributed by atoms with Crippen LogP contribution in [0, 0.1) is 28.6 Å². The number of fused-ring (bicyclic) bond motifs is 4. The van der Waals surface area contributed by atoms with Gasteiger partial charge in [-0.15, -0.1) is 0 Å². The molecule has 3 N–H and O–H groups in total. The lowest BCUT2D eigenvalue weighted by molar-refractivity contribution is -0.265. The van der Waals surface area contributed by atoms with Gasteiger partial charge in [-0.2, -0.15) is 0 Å². The molecule has 0 spiro atoms. The molecule has 0 saturated heterocycles. The molecule has 2 aromatic heterocycles. The van der Waals surface area contributed by atoms with E-state index >= 15 is 0 Å². The van der Waals surface area contributed by atoms with Crippen LogP contribution in [0.5, 0.6) is 5.75 Å². The largest absolute Gasteiger partial charge is 0.484 e. The van der Waals surface area contributed by atoms with Crippen molar-refractivity contribution in [2.75, 3.05) is 6.61 Å². The predicted octanol–water partition coefficient (Wildman–Crippen LogP) is 3.25. The van der Waals surface area contributed by atoms with Gasteiger partial charge in [0.1, 0.15) is 22.7 Å². The molecule has 8 atom stereocenters. The van der Waals surface area contributed by atoms with Crippen molar-refractivity contribution >= 4 is 5.97 Å². The fourth-order valence-corrected chi connectivity index (χ4v) is 7.45. The summed E-state index contributed by atoms with van der Waals surface area (Å²) in [6.07, 6.45) is 1.34. The number of nitrogens with zero attached hydrogens (tertiary/aromatic N) is 1. The number of carbonyl (C=O) groups excluding carboxylic acids is 1. The molecule has 38 heavy (non-hydrogen) atoms. The van der Waals surface area contributed by atoms with E-state index in [0.717, 1.165) is 0 Å². The van der Waals surface area contributed by atoms with Crippen molar-refractivity contribution in [1.82, 2.24) is 4.98 Å². The van der Waals surface area contributed by atoms with E-state index in [4.69, 9.17) is 13.9 Å². The van der Waals surface area contributed by atoms with Crippen molar-refractivity contribution in [3.63, 3.8) is 0 Å². The molecule has 206 valence electrons. The van der Waals surface area contributed by atoms with Crippen molar-refractivity contribution in [3.8, 4) is 17.1 Å². The number of rotatable bonds is 4. The van der Waals surface area contributed by atoms with Gasteiger partial charge in [0.2, 0.25) is 0 Å². The first-order chi connectivity index (χ1) is 17.8. The number of hydrogen-bond donors (Lipinski definition) is 3. The molecule has 2 fully saturated rings. The molecular weight excluding hydrogens is 490 g/mol. The summed E-state index contributed by atoms with van der Waals surface area (Å²) in [6.45, 7) is 9.16. The molecule has 3 aliphatic rings. The SMILES string of the molecule is CC(C)C(=O)OC[C@@]1(C)[C@@H]2C[C@H](O)[C@@]3(C)Oc4cc(-c5cccnc5)oc(=O)c4[C@H](O)[C@@H]3[C@@]2(C)CC[C@@H]1O. The molecule has 0 radical (unpaired) electrons. The lowest BCUT2D eigenvalue weighted by atomic mass is 9.42. The van der Waals surface area contributed by atoms with Gasteiger partial charge in [0.05, 0.1) is 30.8 Å². The molecule has 2 aromatic rings. The maximum atomic E-state index is 13.2. The Morgan fingerprint density at radius 2 is 1.95 bits per heavy atom. The Bertz CT molecular complexity index is 1280. The minimum absolute atomic E-state index is 0.00819. The van der Waals surface area contributed by atoms with Gasteiger partial charge in [-0.25, -0.2) is 4.79 Å². The highest BCUT2D eigenvalue weighted by Gasteiger charge is 2.69. The first-order valence-corrected chi connectivity index (χ1v) is 13.3. The smallest absolute Gasteiger partial charge is 0.345 e. The highest BCUT2D eigenvalue weighted by atomic mass is 16.5. The van der Waals surface area contributed by atoms with E-state index in [0.29, 0.717) is 18.4 Å². The lowest BCUT2D eigenvalue weighted by Crippen LogP contribution is -2.70. The second-order valence-electron chi connectivity index (χ2n) is 12.3. The number of carbonyl (C=O) groups is 1. The Hall–Kier alpha value is -2.75. The second kappa shape index (κ2) is 9.17. The van der Waals surface area contributed by atoms with Gasteiger partial charge >= 0.3 is 11.6 Å². The van der Waals surface area contributed by atoms with E-state index in [1.165, 1.54) is 0 Å². The average Bonchev–Trinajstić information content (AvgIpc) is 2.87. The summed E-state index contributed by atoms with van der Waals surface area (Å²) in [5.41, 5.74) is -2.84. The summed E-state index contributed by atoms with van der Waals surface area (Å²) < 4.78 is 17.7. The number of esters is 1. The Morgan fingerprint density at radius 1 is 1.21 bits per heavy atom. The molecule has 0 aromatic carbocycles. The third-order valence-corrected chi connectivity index (χ3v) is 9.59. The van der Waals surface area contributed by atoms with Crippen molar-refractivity contribution in [2.45, 2.75) is 77.8 Å². The minimum Gasteiger partial charge on any atom is -0.484 e. The summed E-state index contributed by atoms with van der Waals surface area (Å²) in [5.74, 6) is -1.25. The highest BCUT2D eigenvalue weighted by molar-refractivity contribution is 5.71. The van der Waals surface area contributed by atoms with Crippen LogP contribution in [0.2, 0.25) is 0 Å². The van der Waals surface area contributed by atoms with Crippen molar-refractivity contribution in [2.24, 2.45) is 28.6 Å². The number of ether oxygens (including phenoxy) is 2. The third kappa shape index (κ3) is 3.89. The molecule has 2 aliphatic carbocycles. The quantitative estimate of drug-likeness (QED) is 0.511. The Balaban J connectivity index is 1.57. The molecular formula is C29H37NO8. The Morgan fingerprint density at radius 3 is 2.61 bits per heavy atom. The molecule has 5 rings (SSSR count). The number of aliphatic hydroxyl groups is 3. The summed E-state index contributed by atoms with van der Waals surface area (Å²) in [5, 5.41) is 34.5. The van der Waals surface area contributed by atoms with Crippen LogP contribution in [0.4, 0.5) is 0 Å². The molecule has 9 nitrogen and oxygen atoms in total.